The molecule has 0 atom stereocenters. The van der Waals surface area contributed by atoms with Crippen LogP contribution in [0.15, 0.2) is 5.38 Å². The van der Waals surface area contributed by atoms with Crippen molar-refractivity contribution in [2.45, 2.75) is 0 Å². The third-order valence-corrected chi connectivity index (χ3v) is 1.82. The summed E-state index contributed by atoms with van der Waals surface area (Å²) in [5.74, 6) is -0.113. The Morgan fingerprint density at radius 3 is 2.73 bits per heavy atom. The van der Waals surface area contributed by atoms with Gasteiger partial charge >= 0.3 is 0 Å². The molecular weight excluding hydrogens is 160 g/mol. The minimum Gasteiger partial charge on any atom is -0.343 e. The fourth-order valence-corrected chi connectivity index (χ4v) is 1.15. The van der Waals surface area contributed by atoms with E-state index in [1.165, 1.54) is 16.2 Å². The fraction of sp³-hybridized carbons (Fsp3) is 0.286. The van der Waals surface area contributed by atoms with E-state index in [-0.39, 0.29) is 5.91 Å². The molecule has 0 aliphatic rings. The highest BCUT2D eigenvalue weighted by atomic mass is 32.1. The first kappa shape index (κ1) is 8.20. The number of aromatic nitrogens is 1. The van der Waals surface area contributed by atoms with Crippen LogP contribution in [-0.4, -0.2) is 29.9 Å². The molecule has 0 aromatic carbocycles. The number of carbonyl (C=O) groups is 1. The predicted octanol–water partition coefficient (Wildman–Crippen LogP) is 0.904. The van der Waals surface area contributed by atoms with E-state index in [2.05, 4.69) is 4.98 Å². The Hall–Kier alpha value is -0.900. The molecule has 0 spiro atoms. The molecule has 58 valence electrons. The number of hydrogen-bond donors (Lipinski definition) is 0. The summed E-state index contributed by atoms with van der Waals surface area (Å²) in [6.45, 7) is 5.35. The van der Waals surface area contributed by atoms with E-state index >= 15 is 0 Å². The zero-order chi connectivity index (χ0) is 8.43. The number of carbonyl (C=O) groups excluding carboxylic acids is 1. The predicted molar refractivity (Wildman–Crippen MR) is 43.5 cm³/mol. The largest absolute Gasteiger partial charge is 0.343 e. The maximum Gasteiger partial charge on any atom is 0.272 e. The second kappa shape index (κ2) is 3.00. The van der Waals surface area contributed by atoms with Crippen LogP contribution in [0.5, 0.6) is 0 Å². The first-order valence-corrected chi connectivity index (χ1v) is 3.92. The maximum atomic E-state index is 11.2. The summed E-state index contributed by atoms with van der Waals surface area (Å²) >= 11 is 1.27. The van der Waals surface area contributed by atoms with E-state index in [9.17, 15) is 4.79 Å². The van der Waals surface area contributed by atoms with E-state index in [4.69, 9.17) is 6.92 Å². The summed E-state index contributed by atoms with van der Waals surface area (Å²) in [5, 5.41) is 2.08. The second-order valence-corrected chi connectivity index (χ2v) is 3.16. The zero-order valence-electron chi connectivity index (χ0n) is 6.37. The van der Waals surface area contributed by atoms with Crippen molar-refractivity contribution in [3.8, 4) is 0 Å². The highest BCUT2D eigenvalue weighted by Gasteiger charge is 2.10. The molecule has 0 bridgehead atoms. The summed E-state index contributed by atoms with van der Waals surface area (Å²) in [7, 11) is 3.36. The monoisotopic (exact) mass is 168 g/mol. The van der Waals surface area contributed by atoms with Crippen molar-refractivity contribution < 1.29 is 4.79 Å². The molecule has 0 aliphatic carbocycles. The van der Waals surface area contributed by atoms with Gasteiger partial charge in [-0.05, 0) is 0 Å². The lowest BCUT2D eigenvalue weighted by molar-refractivity contribution is 0.0822. The van der Waals surface area contributed by atoms with Gasteiger partial charge in [0.2, 0.25) is 0 Å². The van der Waals surface area contributed by atoms with Gasteiger partial charge in [-0.3, -0.25) is 4.79 Å². The van der Waals surface area contributed by atoms with Gasteiger partial charge in [0.1, 0.15) is 5.69 Å². The maximum absolute atomic E-state index is 11.2. The van der Waals surface area contributed by atoms with Crippen molar-refractivity contribution in [2.75, 3.05) is 14.1 Å². The standard InChI is InChI=1S/C7H8N2OS/c1-5-8-6(4-11-5)7(10)9(2)3/h1,4H,2-3H3. The molecule has 1 heterocycles. The van der Waals surface area contributed by atoms with Gasteiger partial charge in [0, 0.05) is 26.4 Å². The van der Waals surface area contributed by atoms with Gasteiger partial charge in [-0.1, -0.05) is 0 Å². The summed E-state index contributed by atoms with van der Waals surface area (Å²) < 4.78 is 0. The molecule has 1 rings (SSSR count). The molecule has 1 aromatic rings. The SMILES string of the molecule is [CH]c1nc(C(=O)N(C)C)cs1. The van der Waals surface area contributed by atoms with Gasteiger partial charge in [-0.2, -0.15) is 0 Å². The molecule has 0 fully saturated rings. The number of amides is 1. The molecule has 0 unspecified atom stereocenters. The van der Waals surface area contributed by atoms with E-state index in [0.29, 0.717) is 10.7 Å². The first-order valence-electron chi connectivity index (χ1n) is 3.04. The summed E-state index contributed by atoms with van der Waals surface area (Å²) in [6.07, 6.45) is 0. The van der Waals surface area contributed by atoms with Crippen molar-refractivity contribution in [2.24, 2.45) is 0 Å². The molecule has 3 nitrogen and oxygen atoms in total. The lowest BCUT2D eigenvalue weighted by atomic mass is 10.4. The molecule has 4 heteroatoms. The highest BCUT2D eigenvalue weighted by molar-refractivity contribution is 7.10. The van der Waals surface area contributed by atoms with Gasteiger partial charge in [0.05, 0.1) is 5.01 Å². The average molecular weight is 168 g/mol. The molecule has 1 aromatic heterocycles. The van der Waals surface area contributed by atoms with Crippen molar-refractivity contribution >= 4 is 17.2 Å². The number of hydrogen-bond acceptors (Lipinski definition) is 3. The van der Waals surface area contributed by atoms with Gasteiger partial charge in [-0.25, -0.2) is 4.98 Å². The van der Waals surface area contributed by atoms with Crippen LogP contribution in [0.2, 0.25) is 0 Å². The Labute approximate surface area is 69.7 Å². The second-order valence-electron chi connectivity index (χ2n) is 2.27. The van der Waals surface area contributed by atoms with E-state index < -0.39 is 0 Å². The summed E-state index contributed by atoms with van der Waals surface area (Å²) in [6, 6.07) is 0. The van der Waals surface area contributed by atoms with Crippen LogP contribution in [0.3, 0.4) is 0 Å². The van der Waals surface area contributed by atoms with Crippen LogP contribution in [0.25, 0.3) is 0 Å². The lowest BCUT2D eigenvalue weighted by Gasteiger charge is -2.06. The van der Waals surface area contributed by atoms with Gasteiger partial charge < -0.3 is 4.90 Å². The highest BCUT2D eigenvalue weighted by Crippen LogP contribution is 2.08. The van der Waals surface area contributed by atoms with E-state index in [1.54, 1.807) is 19.5 Å². The van der Waals surface area contributed by atoms with Crippen LogP contribution >= 0.6 is 11.3 Å². The lowest BCUT2D eigenvalue weighted by Crippen LogP contribution is -2.21. The quantitative estimate of drug-likeness (QED) is 0.624. The van der Waals surface area contributed by atoms with Crippen molar-refractivity contribution in [1.82, 2.24) is 9.88 Å². The van der Waals surface area contributed by atoms with Gasteiger partial charge in [0.15, 0.2) is 0 Å². The Morgan fingerprint density at radius 1 is 1.73 bits per heavy atom. The fourth-order valence-electron chi connectivity index (χ4n) is 0.615. The zero-order valence-corrected chi connectivity index (χ0v) is 7.18. The normalized spacial score (nSPS) is 9.73. The third-order valence-electron chi connectivity index (χ3n) is 1.15. The summed E-state index contributed by atoms with van der Waals surface area (Å²) in [5.41, 5.74) is 0.414. The molecule has 11 heavy (non-hydrogen) atoms. The molecular formula is C7H8N2OS. The van der Waals surface area contributed by atoms with E-state index in [1.807, 2.05) is 0 Å². The molecule has 0 N–H and O–H groups in total. The van der Waals surface area contributed by atoms with Crippen molar-refractivity contribution in [1.29, 1.82) is 0 Å². The van der Waals surface area contributed by atoms with E-state index in [0.717, 1.165) is 0 Å². The van der Waals surface area contributed by atoms with Crippen molar-refractivity contribution in [3.05, 3.63) is 23.0 Å². The molecule has 2 radical (unpaired) electrons. The minimum atomic E-state index is -0.113. The molecule has 0 saturated heterocycles. The van der Waals surface area contributed by atoms with Gasteiger partial charge in [0.25, 0.3) is 5.91 Å². The Balaban J connectivity index is 2.85. The van der Waals surface area contributed by atoms with Crippen LogP contribution in [0.4, 0.5) is 0 Å². The first-order chi connectivity index (χ1) is 5.11. The topological polar surface area (TPSA) is 33.2 Å². The number of rotatable bonds is 1. The van der Waals surface area contributed by atoms with Crippen molar-refractivity contribution in [3.63, 3.8) is 0 Å². The molecule has 0 saturated carbocycles. The van der Waals surface area contributed by atoms with Crippen LogP contribution in [-0.2, 0) is 0 Å². The minimum absolute atomic E-state index is 0.113. The smallest absolute Gasteiger partial charge is 0.272 e. The number of thiazole rings is 1. The third kappa shape index (κ3) is 1.77. The van der Waals surface area contributed by atoms with Crippen LogP contribution in [0.1, 0.15) is 15.5 Å². The van der Waals surface area contributed by atoms with Gasteiger partial charge in [-0.15, -0.1) is 11.3 Å². The summed E-state index contributed by atoms with van der Waals surface area (Å²) in [4.78, 5) is 16.5. The Kier molecular flexibility index (Phi) is 2.24. The average Bonchev–Trinajstić information content (AvgIpc) is 2.34. The Morgan fingerprint density at radius 2 is 2.36 bits per heavy atom. The van der Waals surface area contributed by atoms with Crippen LogP contribution in [0, 0.1) is 6.92 Å². The molecule has 0 aliphatic heterocycles. The Bertz CT molecular complexity index is 267. The number of nitrogens with zero attached hydrogens (tertiary/aromatic N) is 2. The molecule has 1 amide bonds. The van der Waals surface area contributed by atoms with Crippen LogP contribution < -0.4 is 0 Å².